The second kappa shape index (κ2) is 5.34. The van der Waals surface area contributed by atoms with E-state index in [4.69, 9.17) is 5.73 Å². The summed E-state index contributed by atoms with van der Waals surface area (Å²) >= 11 is 0. The summed E-state index contributed by atoms with van der Waals surface area (Å²) in [5.41, 5.74) is 4.75. The first kappa shape index (κ1) is 13.7. The molecule has 1 aromatic carbocycles. The molecule has 0 radical (unpaired) electrons. The normalized spacial score (nSPS) is 14.8. The minimum atomic E-state index is -0.556. The molecule has 1 atom stereocenters. The average Bonchev–Trinajstić information content (AvgIpc) is 2.35. The summed E-state index contributed by atoms with van der Waals surface area (Å²) in [7, 11) is 0. The molecule has 0 fully saturated rings. The maximum atomic E-state index is 11.3. The molecule has 0 aliphatic heterocycles. The minimum absolute atomic E-state index is 0.0881. The highest BCUT2D eigenvalue weighted by Crippen LogP contribution is 2.25. The third kappa shape index (κ3) is 2.87. The molecule has 17 heavy (non-hydrogen) atoms. The number of nitrogen functional groups attached to an aromatic ring is 1. The van der Waals surface area contributed by atoms with Crippen LogP contribution < -0.4 is 21.9 Å². The van der Waals surface area contributed by atoms with Gasteiger partial charge in [-0.25, -0.2) is 0 Å². The zero-order valence-corrected chi connectivity index (χ0v) is 10.9. The van der Waals surface area contributed by atoms with E-state index in [1.54, 1.807) is 0 Å². The van der Waals surface area contributed by atoms with Gasteiger partial charge < -0.3 is 11.1 Å². The van der Waals surface area contributed by atoms with E-state index in [1.807, 2.05) is 0 Å². The van der Waals surface area contributed by atoms with Crippen LogP contribution in [0.15, 0.2) is 9.59 Å². The molecule has 3 N–H and O–H groups in total. The number of nitrogens with one attached hydrogen (secondary N) is 1. The van der Waals surface area contributed by atoms with Crippen LogP contribution in [0, 0.1) is 0 Å². The number of hydrogen-bond donors (Lipinski definition) is 2. The third-order valence-corrected chi connectivity index (χ3v) is 3.49. The average molecular weight is 238 g/mol. The zero-order valence-electron chi connectivity index (χ0n) is 10.9. The Hall–Kier alpha value is -1.32. The van der Waals surface area contributed by atoms with E-state index in [0.717, 1.165) is 19.3 Å². The van der Waals surface area contributed by atoms with Gasteiger partial charge in [0.2, 0.25) is 0 Å². The minimum Gasteiger partial charge on any atom is -0.394 e. The highest BCUT2D eigenvalue weighted by atomic mass is 16.2. The Bertz CT molecular complexity index is 446. The number of rotatable bonds is 7. The standard InChI is InChI=1S/C13H22N2O2/c1-4-6-7-8-13(3,5-2)15-10-9(14)11(16)12(10)17/h15H,4-8,14H2,1-3H3. The Morgan fingerprint density at radius 1 is 1.18 bits per heavy atom. The van der Waals surface area contributed by atoms with Gasteiger partial charge in [-0.1, -0.05) is 33.1 Å². The van der Waals surface area contributed by atoms with Gasteiger partial charge in [-0.3, -0.25) is 9.59 Å². The van der Waals surface area contributed by atoms with E-state index >= 15 is 0 Å². The van der Waals surface area contributed by atoms with Crippen LogP contribution in [-0.2, 0) is 0 Å². The summed E-state index contributed by atoms with van der Waals surface area (Å²) in [5.74, 6) is 0. The fraction of sp³-hybridized carbons (Fsp3) is 0.692. The number of unbranched alkanes of at least 4 members (excludes halogenated alkanes) is 2. The molecule has 0 aromatic heterocycles. The summed E-state index contributed by atoms with van der Waals surface area (Å²) in [5, 5.41) is 3.15. The second-order valence-corrected chi connectivity index (χ2v) is 4.94. The van der Waals surface area contributed by atoms with Crippen molar-refractivity contribution in [2.24, 2.45) is 0 Å². The maximum absolute atomic E-state index is 11.3. The summed E-state index contributed by atoms with van der Waals surface area (Å²) in [6.07, 6.45) is 5.34. The van der Waals surface area contributed by atoms with Crippen molar-refractivity contribution in [3.8, 4) is 0 Å². The molecule has 4 heteroatoms. The van der Waals surface area contributed by atoms with Crippen molar-refractivity contribution in [3.05, 3.63) is 20.4 Å². The first-order valence-corrected chi connectivity index (χ1v) is 6.32. The molecule has 0 spiro atoms. The van der Waals surface area contributed by atoms with Crippen molar-refractivity contribution in [1.29, 1.82) is 0 Å². The second-order valence-electron chi connectivity index (χ2n) is 4.94. The molecule has 0 bridgehead atoms. The van der Waals surface area contributed by atoms with Crippen molar-refractivity contribution in [2.45, 2.75) is 58.4 Å². The first-order valence-electron chi connectivity index (χ1n) is 6.32. The predicted molar refractivity (Wildman–Crippen MR) is 72.2 cm³/mol. The van der Waals surface area contributed by atoms with Crippen molar-refractivity contribution in [3.63, 3.8) is 0 Å². The molecule has 96 valence electrons. The predicted octanol–water partition coefficient (Wildman–Crippen LogP) is 2.03. The Labute approximate surface area is 102 Å². The van der Waals surface area contributed by atoms with Gasteiger partial charge in [-0.15, -0.1) is 0 Å². The topological polar surface area (TPSA) is 72.2 Å². The Balaban J connectivity index is 2.69. The van der Waals surface area contributed by atoms with Crippen LogP contribution in [0.25, 0.3) is 0 Å². The van der Waals surface area contributed by atoms with E-state index in [2.05, 4.69) is 26.1 Å². The Morgan fingerprint density at radius 2 is 1.82 bits per heavy atom. The molecule has 0 saturated carbocycles. The fourth-order valence-electron chi connectivity index (χ4n) is 1.93. The lowest BCUT2D eigenvalue weighted by Gasteiger charge is -2.31. The van der Waals surface area contributed by atoms with Gasteiger partial charge in [-0.05, 0) is 19.8 Å². The van der Waals surface area contributed by atoms with Gasteiger partial charge in [0.25, 0.3) is 10.9 Å². The van der Waals surface area contributed by atoms with Crippen LogP contribution in [0.4, 0.5) is 11.4 Å². The molecule has 0 amide bonds. The molecule has 0 heterocycles. The van der Waals surface area contributed by atoms with E-state index < -0.39 is 10.9 Å². The lowest BCUT2D eigenvalue weighted by Crippen LogP contribution is -2.43. The summed E-state index contributed by atoms with van der Waals surface area (Å²) in [6, 6.07) is 0. The van der Waals surface area contributed by atoms with Crippen LogP contribution in [0.1, 0.15) is 52.9 Å². The fourth-order valence-corrected chi connectivity index (χ4v) is 1.93. The van der Waals surface area contributed by atoms with Gasteiger partial charge in [0.1, 0.15) is 11.4 Å². The van der Waals surface area contributed by atoms with Gasteiger partial charge >= 0.3 is 0 Å². The molecule has 4 nitrogen and oxygen atoms in total. The van der Waals surface area contributed by atoms with E-state index in [1.165, 1.54) is 12.8 Å². The third-order valence-electron chi connectivity index (χ3n) is 3.49. The molecular weight excluding hydrogens is 216 g/mol. The van der Waals surface area contributed by atoms with Gasteiger partial charge in [0.15, 0.2) is 0 Å². The monoisotopic (exact) mass is 238 g/mol. The Kier molecular flexibility index (Phi) is 4.32. The van der Waals surface area contributed by atoms with Crippen LogP contribution >= 0.6 is 0 Å². The quantitative estimate of drug-likeness (QED) is 0.563. The van der Waals surface area contributed by atoms with Crippen molar-refractivity contribution in [1.82, 2.24) is 0 Å². The molecule has 0 saturated heterocycles. The lowest BCUT2D eigenvalue weighted by molar-refractivity contribution is 0.432. The maximum Gasteiger partial charge on any atom is 0.253 e. The summed E-state index contributed by atoms with van der Waals surface area (Å²) in [4.78, 5) is 22.4. The lowest BCUT2D eigenvalue weighted by atomic mass is 9.90. The van der Waals surface area contributed by atoms with Gasteiger partial charge in [0.05, 0.1) is 0 Å². The van der Waals surface area contributed by atoms with Crippen LogP contribution in [-0.4, -0.2) is 5.54 Å². The van der Waals surface area contributed by atoms with Gasteiger partial charge in [-0.2, -0.15) is 0 Å². The van der Waals surface area contributed by atoms with Crippen LogP contribution in [0.2, 0.25) is 0 Å². The molecule has 0 aliphatic carbocycles. The zero-order chi connectivity index (χ0) is 13.1. The van der Waals surface area contributed by atoms with Crippen LogP contribution in [0.3, 0.4) is 0 Å². The largest absolute Gasteiger partial charge is 0.394 e. The smallest absolute Gasteiger partial charge is 0.253 e. The molecule has 1 rings (SSSR count). The molecule has 1 aromatic rings. The van der Waals surface area contributed by atoms with E-state index in [9.17, 15) is 9.59 Å². The molecule has 0 aliphatic rings. The number of anilines is 2. The number of nitrogens with two attached hydrogens (primary N) is 1. The Morgan fingerprint density at radius 3 is 2.29 bits per heavy atom. The number of hydrogen-bond acceptors (Lipinski definition) is 4. The summed E-state index contributed by atoms with van der Waals surface area (Å²) in [6.45, 7) is 6.30. The van der Waals surface area contributed by atoms with Crippen molar-refractivity contribution in [2.75, 3.05) is 11.1 Å². The highest BCUT2D eigenvalue weighted by Gasteiger charge is 2.27. The first-order chi connectivity index (χ1) is 7.95. The van der Waals surface area contributed by atoms with Crippen molar-refractivity contribution < 1.29 is 0 Å². The van der Waals surface area contributed by atoms with Crippen LogP contribution in [0.5, 0.6) is 0 Å². The van der Waals surface area contributed by atoms with E-state index in [0.29, 0.717) is 5.69 Å². The van der Waals surface area contributed by atoms with Crippen molar-refractivity contribution >= 4 is 11.4 Å². The highest BCUT2D eigenvalue weighted by molar-refractivity contribution is 5.72. The SMILES string of the molecule is CCCCCC(C)(CC)Nc1c(N)c(=O)c1=O. The van der Waals surface area contributed by atoms with E-state index in [-0.39, 0.29) is 11.2 Å². The summed E-state index contributed by atoms with van der Waals surface area (Å²) < 4.78 is 0. The van der Waals surface area contributed by atoms with Gasteiger partial charge in [0, 0.05) is 5.54 Å². The molecular formula is C13H22N2O2. The molecule has 1 unspecified atom stereocenters.